The van der Waals surface area contributed by atoms with Gasteiger partial charge in [-0.1, -0.05) is 35.5 Å². The van der Waals surface area contributed by atoms with E-state index in [-0.39, 0.29) is 27.4 Å². The number of hydrogen-bond donors (Lipinski definition) is 1. The first-order chi connectivity index (χ1) is 17.2. The summed E-state index contributed by atoms with van der Waals surface area (Å²) in [5.41, 5.74) is 0.931. The fraction of sp³-hybridized carbons (Fsp3) is 0.125. The molecule has 0 radical (unpaired) electrons. The number of carbonyl (C=O) groups is 1. The molecule has 3 aromatic carbocycles. The molecule has 0 fully saturated rings. The number of anilines is 1. The fourth-order valence-corrected chi connectivity index (χ4v) is 4.48. The smallest absolute Gasteiger partial charge is 0.311 e. The molecule has 0 aliphatic heterocycles. The Hall–Kier alpha value is -3.96. The van der Waals surface area contributed by atoms with Crippen molar-refractivity contribution in [3.63, 3.8) is 0 Å². The Morgan fingerprint density at radius 1 is 1.25 bits per heavy atom. The summed E-state index contributed by atoms with van der Waals surface area (Å²) in [7, 11) is 1.30. The average Bonchev–Trinajstić information content (AvgIpc) is 2.85. The second kappa shape index (κ2) is 10.3. The summed E-state index contributed by atoms with van der Waals surface area (Å²) in [6.45, 7) is 1.62. The van der Waals surface area contributed by atoms with Crippen LogP contribution in [0.4, 0.5) is 15.8 Å². The molecule has 9 nitrogen and oxygen atoms in total. The van der Waals surface area contributed by atoms with Crippen LogP contribution in [0.1, 0.15) is 5.56 Å². The van der Waals surface area contributed by atoms with Crippen molar-refractivity contribution in [1.29, 1.82) is 0 Å². The summed E-state index contributed by atoms with van der Waals surface area (Å²) in [5, 5.41) is 14.3. The highest BCUT2D eigenvalue weighted by Crippen LogP contribution is 2.33. The fourth-order valence-electron chi connectivity index (χ4n) is 3.49. The standard InChI is InChI=1S/C24H18ClFN4O5S/c1-13-9-20(30(33)34)21(35-2)11-19(13)27-22(31)12-36-24-28-18-6-4-3-5-15(18)23(32)29(24)14-7-8-17(26)16(25)10-14/h3-11H,12H2,1-2H3,(H,27,31). The third kappa shape index (κ3) is 5.02. The Kier molecular flexibility index (Phi) is 7.22. The van der Waals surface area contributed by atoms with Crippen LogP contribution in [0, 0.1) is 22.9 Å². The predicted octanol–water partition coefficient (Wildman–Crippen LogP) is 5.13. The number of ether oxygens (including phenoxy) is 1. The van der Waals surface area contributed by atoms with Crippen LogP contribution < -0.4 is 15.6 Å². The number of hydrogen-bond acceptors (Lipinski definition) is 7. The predicted molar refractivity (Wildman–Crippen MR) is 136 cm³/mol. The number of nitro benzene ring substituents is 1. The van der Waals surface area contributed by atoms with Crippen molar-refractivity contribution >= 4 is 51.5 Å². The van der Waals surface area contributed by atoms with E-state index in [4.69, 9.17) is 16.3 Å². The largest absolute Gasteiger partial charge is 0.490 e. The summed E-state index contributed by atoms with van der Waals surface area (Å²) in [4.78, 5) is 41.2. The lowest BCUT2D eigenvalue weighted by atomic mass is 10.1. The topological polar surface area (TPSA) is 116 Å². The van der Waals surface area contributed by atoms with E-state index in [0.717, 1.165) is 17.8 Å². The zero-order valence-electron chi connectivity index (χ0n) is 19.0. The highest BCUT2D eigenvalue weighted by atomic mass is 35.5. The molecule has 0 aliphatic carbocycles. The zero-order chi connectivity index (χ0) is 26.0. The average molecular weight is 529 g/mol. The number of carbonyl (C=O) groups excluding carboxylic acids is 1. The Morgan fingerprint density at radius 3 is 2.69 bits per heavy atom. The van der Waals surface area contributed by atoms with Crippen molar-refractivity contribution in [2.75, 3.05) is 18.2 Å². The van der Waals surface area contributed by atoms with Crippen LogP contribution in [-0.4, -0.2) is 33.2 Å². The molecule has 0 saturated heterocycles. The minimum Gasteiger partial charge on any atom is -0.490 e. The summed E-state index contributed by atoms with van der Waals surface area (Å²) < 4.78 is 20.1. The van der Waals surface area contributed by atoms with Gasteiger partial charge in [0.15, 0.2) is 10.9 Å². The molecular weight excluding hydrogens is 511 g/mol. The van der Waals surface area contributed by atoms with E-state index in [1.807, 2.05) is 0 Å². The van der Waals surface area contributed by atoms with Crippen LogP contribution in [0.3, 0.4) is 0 Å². The molecule has 1 amide bonds. The number of rotatable bonds is 7. The highest BCUT2D eigenvalue weighted by molar-refractivity contribution is 7.99. The van der Waals surface area contributed by atoms with E-state index in [9.17, 15) is 24.1 Å². The van der Waals surface area contributed by atoms with Crippen molar-refractivity contribution in [2.24, 2.45) is 0 Å². The molecule has 4 aromatic rings. The van der Waals surface area contributed by atoms with Crippen molar-refractivity contribution in [3.8, 4) is 11.4 Å². The summed E-state index contributed by atoms with van der Waals surface area (Å²) in [6, 6.07) is 13.3. The Balaban J connectivity index is 1.66. The second-order valence-corrected chi connectivity index (χ2v) is 8.93. The number of aromatic nitrogens is 2. The Labute approximate surface area is 213 Å². The lowest BCUT2D eigenvalue weighted by molar-refractivity contribution is -0.385. The summed E-state index contributed by atoms with van der Waals surface area (Å²) in [6.07, 6.45) is 0. The first-order valence-corrected chi connectivity index (χ1v) is 11.8. The van der Waals surface area contributed by atoms with Crippen LogP contribution in [-0.2, 0) is 4.79 Å². The van der Waals surface area contributed by atoms with Gasteiger partial charge in [0.2, 0.25) is 5.91 Å². The maximum absolute atomic E-state index is 13.7. The van der Waals surface area contributed by atoms with E-state index in [1.54, 1.807) is 31.2 Å². The molecule has 0 atom stereocenters. The number of benzene rings is 3. The number of nitrogens with zero attached hydrogens (tertiary/aromatic N) is 3. The van der Waals surface area contributed by atoms with Crippen LogP contribution in [0.2, 0.25) is 5.02 Å². The van der Waals surface area contributed by atoms with Crippen LogP contribution in [0.5, 0.6) is 5.75 Å². The van der Waals surface area contributed by atoms with Gasteiger partial charge >= 0.3 is 5.69 Å². The number of halogens is 2. The lowest BCUT2D eigenvalue weighted by Crippen LogP contribution is -2.23. The van der Waals surface area contributed by atoms with Gasteiger partial charge in [-0.05, 0) is 42.8 Å². The molecule has 12 heteroatoms. The maximum atomic E-state index is 13.7. The van der Waals surface area contributed by atoms with Gasteiger partial charge in [-0.3, -0.25) is 24.3 Å². The van der Waals surface area contributed by atoms with Crippen molar-refractivity contribution in [1.82, 2.24) is 9.55 Å². The molecule has 0 unspecified atom stereocenters. The molecule has 36 heavy (non-hydrogen) atoms. The van der Waals surface area contributed by atoms with Crippen LogP contribution in [0.25, 0.3) is 16.6 Å². The van der Waals surface area contributed by atoms with E-state index < -0.39 is 22.2 Å². The van der Waals surface area contributed by atoms with Crippen molar-refractivity contribution in [3.05, 3.63) is 91.5 Å². The van der Waals surface area contributed by atoms with Gasteiger partial charge in [-0.2, -0.15) is 0 Å². The number of amides is 1. The maximum Gasteiger partial charge on any atom is 0.311 e. The number of thioether (sulfide) groups is 1. The molecular formula is C24H18ClFN4O5S. The lowest BCUT2D eigenvalue weighted by Gasteiger charge is -2.14. The van der Waals surface area contributed by atoms with E-state index in [1.165, 1.54) is 35.9 Å². The number of methoxy groups -OCH3 is 1. The quantitative estimate of drug-likeness (QED) is 0.153. The first kappa shape index (κ1) is 25.1. The van der Waals surface area contributed by atoms with Gasteiger partial charge in [0, 0.05) is 17.8 Å². The van der Waals surface area contributed by atoms with Gasteiger partial charge in [0.05, 0.1) is 39.4 Å². The Bertz CT molecular complexity index is 1580. The SMILES string of the molecule is COc1cc(NC(=O)CSc2nc3ccccc3c(=O)n2-c2ccc(F)c(Cl)c2)c(C)cc1[N+](=O)[O-]. The molecule has 1 aromatic heterocycles. The highest BCUT2D eigenvalue weighted by Gasteiger charge is 2.20. The molecule has 0 bridgehead atoms. The van der Waals surface area contributed by atoms with E-state index in [0.29, 0.717) is 27.8 Å². The van der Waals surface area contributed by atoms with E-state index in [2.05, 4.69) is 10.3 Å². The summed E-state index contributed by atoms with van der Waals surface area (Å²) in [5.74, 6) is -1.21. The first-order valence-electron chi connectivity index (χ1n) is 10.4. The van der Waals surface area contributed by atoms with Crippen molar-refractivity contribution < 1.29 is 18.8 Å². The molecule has 1 N–H and O–H groups in total. The third-order valence-corrected chi connectivity index (χ3v) is 6.46. The van der Waals surface area contributed by atoms with Crippen LogP contribution in [0.15, 0.2) is 64.5 Å². The minimum atomic E-state index is -0.635. The third-order valence-electron chi connectivity index (χ3n) is 5.24. The zero-order valence-corrected chi connectivity index (χ0v) is 20.5. The molecule has 184 valence electrons. The second-order valence-electron chi connectivity index (χ2n) is 7.58. The molecule has 0 saturated carbocycles. The molecule has 4 rings (SSSR count). The normalized spacial score (nSPS) is 10.9. The molecule has 0 spiro atoms. The monoisotopic (exact) mass is 528 g/mol. The number of fused-ring (bicyclic) bond motifs is 1. The van der Waals surface area contributed by atoms with E-state index >= 15 is 0 Å². The van der Waals surface area contributed by atoms with Crippen LogP contribution >= 0.6 is 23.4 Å². The van der Waals surface area contributed by atoms with Crippen molar-refractivity contribution in [2.45, 2.75) is 12.1 Å². The van der Waals surface area contributed by atoms with Gasteiger partial charge in [-0.15, -0.1) is 0 Å². The van der Waals surface area contributed by atoms with Gasteiger partial charge in [-0.25, -0.2) is 9.37 Å². The van der Waals surface area contributed by atoms with Gasteiger partial charge < -0.3 is 10.1 Å². The number of aryl methyl sites for hydroxylation is 1. The molecule has 1 heterocycles. The van der Waals surface area contributed by atoms with Gasteiger partial charge in [0.1, 0.15) is 5.82 Å². The number of para-hydroxylation sites is 1. The number of nitrogens with one attached hydrogen (secondary N) is 1. The molecule has 0 aliphatic rings. The number of nitro groups is 1. The summed E-state index contributed by atoms with van der Waals surface area (Å²) >= 11 is 6.94. The Morgan fingerprint density at radius 2 is 2.00 bits per heavy atom. The minimum absolute atomic E-state index is 0.00627. The van der Waals surface area contributed by atoms with Gasteiger partial charge in [0.25, 0.3) is 5.56 Å².